The summed E-state index contributed by atoms with van der Waals surface area (Å²) in [5, 5.41) is 3.21. The number of aromatic nitrogens is 2. The monoisotopic (exact) mass is 356 g/mol. The zero-order valence-corrected chi connectivity index (χ0v) is 15.8. The minimum absolute atomic E-state index is 0.0135. The first-order chi connectivity index (χ1) is 12.6. The van der Waals surface area contributed by atoms with Crippen molar-refractivity contribution in [1.82, 2.24) is 19.8 Å². The quantitative estimate of drug-likeness (QED) is 0.892. The third kappa shape index (κ3) is 3.84. The number of carbonyl (C=O) groups excluding carboxylic acids is 1. The number of piperidine rings is 1. The summed E-state index contributed by atoms with van der Waals surface area (Å²) in [6.07, 6.45) is 7.99. The van der Waals surface area contributed by atoms with Gasteiger partial charge in [-0.05, 0) is 43.4 Å². The number of urea groups is 1. The van der Waals surface area contributed by atoms with Crippen molar-refractivity contribution in [2.45, 2.75) is 44.7 Å². The molecule has 0 spiro atoms. The van der Waals surface area contributed by atoms with Crippen LogP contribution in [0, 0.1) is 0 Å². The molecule has 3 rings (SSSR count). The fraction of sp³-hybridized carbons (Fsp3) is 0.500. The van der Waals surface area contributed by atoms with E-state index in [2.05, 4.69) is 17.2 Å². The number of aryl methyl sites for hydroxylation is 1. The van der Waals surface area contributed by atoms with Gasteiger partial charge in [0.25, 0.3) is 0 Å². The SMILES string of the molecule is CCC1CCCCN1C(=O)NC(c1ccc(OC)cc1)c1nccn1C. The summed E-state index contributed by atoms with van der Waals surface area (Å²) in [7, 11) is 3.59. The number of nitrogens with zero attached hydrogens (tertiary/aromatic N) is 3. The van der Waals surface area contributed by atoms with Crippen LogP contribution in [-0.4, -0.2) is 40.2 Å². The molecular formula is C20H28N4O2. The van der Waals surface area contributed by atoms with Crippen LogP contribution in [0.25, 0.3) is 0 Å². The molecule has 1 aliphatic heterocycles. The smallest absolute Gasteiger partial charge is 0.318 e. The molecule has 1 aromatic carbocycles. The molecule has 1 fully saturated rings. The van der Waals surface area contributed by atoms with E-state index in [4.69, 9.17) is 4.74 Å². The first kappa shape index (κ1) is 18.3. The summed E-state index contributed by atoms with van der Waals surface area (Å²) in [5.41, 5.74) is 0.985. The summed E-state index contributed by atoms with van der Waals surface area (Å²) in [6.45, 7) is 2.97. The normalized spacial score (nSPS) is 18.4. The number of nitrogens with one attached hydrogen (secondary N) is 1. The lowest BCUT2D eigenvalue weighted by Gasteiger charge is -2.36. The molecule has 0 aliphatic carbocycles. The van der Waals surface area contributed by atoms with Gasteiger partial charge in [0, 0.05) is 32.0 Å². The molecule has 2 amide bonds. The van der Waals surface area contributed by atoms with Crippen LogP contribution in [0.2, 0.25) is 0 Å². The predicted molar refractivity (Wildman–Crippen MR) is 101 cm³/mol. The van der Waals surface area contributed by atoms with E-state index in [-0.39, 0.29) is 12.1 Å². The van der Waals surface area contributed by atoms with Gasteiger partial charge < -0.3 is 19.5 Å². The minimum Gasteiger partial charge on any atom is -0.497 e. The Kier molecular flexibility index (Phi) is 5.81. The number of carbonyl (C=O) groups is 1. The van der Waals surface area contributed by atoms with Gasteiger partial charge in [-0.15, -0.1) is 0 Å². The summed E-state index contributed by atoms with van der Waals surface area (Å²) in [5.74, 6) is 1.61. The molecule has 0 radical (unpaired) electrons. The van der Waals surface area contributed by atoms with Crippen molar-refractivity contribution in [3.05, 3.63) is 48.0 Å². The highest BCUT2D eigenvalue weighted by molar-refractivity contribution is 5.75. The Morgan fingerprint density at radius 3 is 2.73 bits per heavy atom. The highest BCUT2D eigenvalue weighted by atomic mass is 16.5. The maximum absolute atomic E-state index is 13.0. The van der Waals surface area contributed by atoms with Crippen molar-refractivity contribution in [2.24, 2.45) is 7.05 Å². The molecule has 0 saturated carbocycles. The number of likely N-dealkylation sites (tertiary alicyclic amines) is 1. The molecule has 2 unspecified atom stereocenters. The summed E-state index contributed by atoms with van der Waals surface area (Å²) >= 11 is 0. The topological polar surface area (TPSA) is 59.4 Å². The molecule has 1 aliphatic rings. The molecule has 1 aromatic heterocycles. The van der Waals surface area contributed by atoms with Crippen LogP contribution in [-0.2, 0) is 7.05 Å². The van der Waals surface area contributed by atoms with E-state index in [0.29, 0.717) is 6.04 Å². The number of ether oxygens (including phenoxy) is 1. The standard InChI is InChI=1S/C20H28N4O2/c1-4-16-7-5-6-13-24(16)20(25)22-18(19-21-12-14-23(19)2)15-8-10-17(26-3)11-9-15/h8-12,14,16,18H,4-7,13H2,1-3H3,(H,22,25). The van der Waals surface area contributed by atoms with E-state index in [1.165, 1.54) is 6.42 Å². The predicted octanol–water partition coefficient (Wildman–Crippen LogP) is 3.49. The summed E-state index contributed by atoms with van der Waals surface area (Å²) in [6, 6.07) is 7.79. The lowest BCUT2D eigenvalue weighted by Crippen LogP contribution is -2.49. The molecule has 1 saturated heterocycles. The van der Waals surface area contributed by atoms with Crippen molar-refractivity contribution in [2.75, 3.05) is 13.7 Å². The lowest BCUT2D eigenvalue weighted by atomic mass is 10.0. The third-order valence-electron chi connectivity index (χ3n) is 5.19. The first-order valence-electron chi connectivity index (χ1n) is 9.32. The average Bonchev–Trinajstić information content (AvgIpc) is 3.11. The second-order valence-electron chi connectivity index (χ2n) is 6.80. The fourth-order valence-electron chi connectivity index (χ4n) is 3.65. The number of hydrogen-bond donors (Lipinski definition) is 1. The summed E-state index contributed by atoms with van der Waals surface area (Å²) in [4.78, 5) is 19.5. The Hall–Kier alpha value is -2.50. The van der Waals surface area contributed by atoms with Gasteiger partial charge in [0.2, 0.25) is 0 Å². The Balaban J connectivity index is 1.86. The molecular weight excluding hydrogens is 328 g/mol. The Morgan fingerprint density at radius 2 is 2.12 bits per heavy atom. The molecule has 2 heterocycles. The number of amides is 2. The van der Waals surface area contributed by atoms with Crippen LogP contribution in [0.5, 0.6) is 5.75 Å². The molecule has 140 valence electrons. The van der Waals surface area contributed by atoms with E-state index in [1.54, 1.807) is 13.3 Å². The average molecular weight is 356 g/mol. The molecule has 0 bridgehead atoms. The van der Waals surface area contributed by atoms with Crippen molar-refractivity contribution in [1.29, 1.82) is 0 Å². The molecule has 2 aromatic rings. The second-order valence-corrected chi connectivity index (χ2v) is 6.80. The number of rotatable bonds is 5. The molecule has 6 heteroatoms. The third-order valence-corrected chi connectivity index (χ3v) is 5.19. The van der Waals surface area contributed by atoms with Crippen LogP contribution in [0.1, 0.15) is 50.0 Å². The molecule has 26 heavy (non-hydrogen) atoms. The molecule has 1 N–H and O–H groups in total. The van der Waals surface area contributed by atoms with Crippen molar-refractivity contribution in [3.8, 4) is 5.75 Å². The first-order valence-corrected chi connectivity index (χ1v) is 9.32. The van der Waals surface area contributed by atoms with Crippen LogP contribution in [0.4, 0.5) is 4.79 Å². The number of hydrogen-bond acceptors (Lipinski definition) is 3. The maximum Gasteiger partial charge on any atom is 0.318 e. The van der Waals surface area contributed by atoms with Crippen molar-refractivity contribution < 1.29 is 9.53 Å². The highest BCUT2D eigenvalue weighted by Gasteiger charge is 2.29. The Labute approximate surface area is 155 Å². The van der Waals surface area contributed by atoms with Crippen molar-refractivity contribution >= 4 is 6.03 Å². The van der Waals surface area contributed by atoms with E-state index in [0.717, 1.165) is 42.9 Å². The van der Waals surface area contributed by atoms with Gasteiger partial charge in [-0.2, -0.15) is 0 Å². The Bertz CT molecular complexity index is 726. The molecule has 2 atom stereocenters. The molecule has 6 nitrogen and oxygen atoms in total. The second kappa shape index (κ2) is 8.25. The van der Waals surface area contributed by atoms with Gasteiger partial charge >= 0.3 is 6.03 Å². The highest BCUT2D eigenvalue weighted by Crippen LogP contribution is 2.25. The Morgan fingerprint density at radius 1 is 1.35 bits per heavy atom. The zero-order valence-electron chi connectivity index (χ0n) is 15.8. The summed E-state index contributed by atoms with van der Waals surface area (Å²) < 4.78 is 7.20. The van der Waals surface area contributed by atoms with Gasteiger partial charge in [-0.25, -0.2) is 9.78 Å². The van der Waals surface area contributed by atoms with Gasteiger partial charge in [0.05, 0.1) is 7.11 Å². The van der Waals surface area contributed by atoms with E-state index >= 15 is 0 Å². The minimum atomic E-state index is -0.298. The zero-order chi connectivity index (χ0) is 18.5. The lowest BCUT2D eigenvalue weighted by molar-refractivity contribution is 0.146. The number of imidazole rings is 1. The van der Waals surface area contributed by atoms with E-state index in [9.17, 15) is 4.79 Å². The van der Waals surface area contributed by atoms with Gasteiger partial charge in [-0.1, -0.05) is 19.1 Å². The number of methoxy groups -OCH3 is 1. The van der Waals surface area contributed by atoms with E-state index in [1.807, 2.05) is 47.0 Å². The van der Waals surface area contributed by atoms with Crippen LogP contribution in [0.3, 0.4) is 0 Å². The van der Waals surface area contributed by atoms with Crippen LogP contribution >= 0.6 is 0 Å². The van der Waals surface area contributed by atoms with Gasteiger partial charge in [0.15, 0.2) is 0 Å². The largest absolute Gasteiger partial charge is 0.497 e. The van der Waals surface area contributed by atoms with Crippen molar-refractivity contribution in [3.63, 3.8) is 0 Å². The van der Waals surface area contributed by atoms with Gasteiger partial charge in [0.1, 0.15) is 17.6 Å². The van der Waals surface area contributed by atoms with Gasteiger partial charge in [-0.3, -0.25) is 0 Å². The number of benzene rings is 1. The van der Waals surface area contributed by atoms with Crippen LogP contribution < -0.4 is 10.1 Å². The van der Waals surface area contributed by atoms with Crippen LogP contribution in [0.15, 0.2) is 36.7 Å². The maximum atomic E-state index is 13.0. The fourth-order valence-corrected chi connectivity index (χ4v) is 3.65. The van der Waals surface area contributed by atoms with E-state index < -0.39 is 0 Å².